The summed E-state index contributed by atoms with van der Waals surface area (Å²) in [6, 6.07) is 9.06. The molecule has 0 spiro atoms. The van der Waals surface area contributed by atoms with Crippen molar-refractivity contribution >= 4 is 33.0 Å². The van der Waals surface area contributed by atoms with E-state index in [1.807, 2.05) is 6.07 Å². The summed E-state index contributed by atoms with van der Waals surface area (Å²) in [5, 5.41) is 8.94. The number of rotatable bonds is 3. The van der Waals surface area contributed by atoms with E-state index in [4.69, 9.17) is 22.6 Å². The molecule has 0 aliphatic carbocycles. The lowest BCUT2D eigenvalue weighted by molar-refractivity contribution is 0.600. The average Bonchev–Trinajstić information content (AvgIpc) is 2.44. The van der Waals surface area contributed by atoms with Crippen LogP contribution >= 0.6 is 11.6 Å². The number of anilines is 2. The van der Waals surface area contributed by atoms with Crippen LogP contribution in [0.2, 0.25) is 5.02 Å². The standard InChI is InChI=1S/C13H9ClFN3O2S/c14-10-3-1-8(7-16)5-13(10)18-21(19,20)9-2-4-11(15)12(17)6-9/h1-6,18H,17H2. The van der Waals surface area contributed by atoms with Crippen LogP contribution in [-0.4, -0.2) is 8.42 Å². The van der Waals surface area contributed by atoms with E-state index in [-0.39, 0.29) is 26.9 Å². The fourth-order valence-corrected chi connectivity index (χ4v) is 2.89. The molecule has 0 atom stereocenters. The van der Waals surface area contributed by atoms with Crippen LogP contribution in [0.4, 0.5) is 15.8 Å². The Morgan fingerprint density at radius 2 is 1.95 bits per heavy atom. The normalized spacial score (nSPS) is 10.9. The quantitative estimate of drug-likeness (QED) is 0.848. The smallest absolute Gasteiger partial charge is 0.262 e. The number of nitriles is 1. The van der Waals surface area contributed by atoms with Gasteiger partial charge in [-0.25, -0.2) is 12.8 Å². The third-order valence-electron chi connectivity index (χ3n) is 2.62. The molecule has 0 bridgehead atoms. The highest BCUT2D eigenvalue weighted by atomic mass is 35.5. The lowest BCUT2D eigenvalue weighted by atomic mass is 10.2. The minimum Gasteiger partial charge on any atom is -0.396 e. The van der Waals surface area contributed by atoms with Gasteiger partial charge in [0.05, 0.1) is 32.9 Å². The topological polar surface area (TPSA) is 96.0 Å². The summed E-state index contributed by atoms with van der Waals surface area (Å²) in [5.41, 5.74) is 5.37. The molecule has 5 nitrogen and oxygen atoms in total. The Morgan fingerprint density at radius 1 is 1.24 bits per heavy atom. The molecule has 0 fully saturated rings. The van der Waals surface area contributed by atoms with E-state index in [9.17, 15) is 12.8 Å². The number of hydrogen-bond acceptors (Lipinski definition) is 4. The number of hydrogen-bond donors (Lipinski definition) is 2. The summed E-state index contributed by atoms with van der Waals surface area (Å²) in [6.07, 6.45) is 0. The van der Waals surface area contributed by atoms with Crippen LogP contribution in [0.25, 0.3) is 0 Å². The second-order valence-electron chi connectivity index (χ2n) is 4.10. The van der Waals surface area contributed by atoms with E-state index >= 15 is 0 Å². The van der Waals surface area contributed by atoms with Crippen molar-refractivity contribution in [3.8, 4) is 6.07 Å². The molecule has 2 aromatic carbocycles. The van der Waals surface area contributed by atoms with Gasteiger partial charge >= 0.3 is 0 Å². The maximum Gasteiger partial charge on any atom is 0.262 e. The lowest BCUT2D eigenvalue weighted by Crippen LogP contribution is -2.14. The van der Waals surface area contributed by atoms with Crippen molar-refractivity contribution < 1.29 is 12.8 Å². The first-order chi connectivity index (χ1) is 9.83. The van der Waals surface area contributed by atoms with Crippen molar-refractivity contribution in [3.63, 3.8) is 0 Å². The molecule has 0 heterocycles. The highest BCUT2D eigenvalue weighted by Crippen LogP contribution is 2.26. The van der Waals surface area contributed by atoms with Crippen LogP contribution in [0.5, 0.6) is 0 Å². The molecule has 0 saturated carbocycles. The van der Waals surface area contributed by atoms with Crippen LogP contribution in [0.15, 0.2) is 41.3 Å². The Bertz CT molecular complexity index is 847. The Balaban J connectivity index is 2.42. The Morgan fingerprint density at radius 3 is 2.57 bits per heavy atom. The maximum absolute atomic E-state index is 13.1. The van der Waals surface area contributed by atoms with Crippen LogP contribution in [0.1, 0.15) is 5.56 Å². The van der Waals surface area contributed by atoms with Crippen molar-refractivity contribution in [2.75, 3.05) is 10.5 Å². The van der Waals surface area contributed by atoms with E-state index in [1.54, 1.807) is 0 Å². The first-order valence-corrected chi connectivity index (χ1v) is 7.47. The number of nitrogens with zero attached hydrogens (tertiary/aromatic N) is 1. The number of halogens is 2. The first-order valence-electron chi connectivity index (χ1n) is 5.61. The first kappa shape index (κ1) is 15.1. The Kier molecular flexibility index (Phi) is 4.02. The Labute approximate surface area is 125 Å². The van der Waals surface area contributed by atoms with E-state index in [0.717, 1.165) is 18.2 Å². The molecule has 0 radical (unpaired) electrons. The number of nitrogens with one attached hydrogen (secondary N) is 1. The third-order valence-corrected chi connectivity index (χ3v) is 4.31. The van der Waals surface area contributed by atoms with E-state index in [2.05, 4.69) is 4.72 Å². The summed E-state index contributed by atoms with van der Waals surface area (Å²) in [4.78, 5) is -0.208. The molecular formula is C13H9ClFN3O2S. The molecule has 2 rings (SSSR count). The highest BCUT2D eigenvalue weighted by molar-refractivity contribution is 7.92. The van der Waals surface area contributed by atoms with Crippen LogP contribution in [0.3, 0.4) is 0 Å². The third kappa shape index (κ3) is 3.24. The van der Waals surface area contributed by atoms with Gasteiger partial charge in [-0.05, 0) is 36.4 Å². The van der Waals surface area contributed by atoms with Gasteiger partial charge < -0.3 is 5.73 Å². The molecule has 0 aromatic heterocycles. The van der Waals surface area contributed by atoms with Gasteiger partial charge in [-0.1, -0.05) is 11.6 Å². The van der Waals surface area contributed by atoms with Crippen molar-refractivity contribution in [1.82, 2.24) is 0 Å². The van der Waals surface area contributed by atoms with Crippen LogP contribution in [0, 0.1) is 17.1 Å². The van der Waals surface area contributed by atoms with Gasteiger partial charge in [-0.3, -0.25) is 4.72 Å². The van der Waals surface area contributed by atoms with Gasteiger partial charge in [0.1, 0.15) is 5.82 Å². The summed E-state index contributed by atoms with van der Waals surface area (Å²) in [6.45, 7) is 0. The van der Waals surface area contributed by atoms with E-state index < -0.39 is 15.8 Å². The molecule has 8 heteroatoms. The highest BCUT2D eigenvalue weighted by Gasteiger charge is 2.17. The fourth-order valence-electron chi connectivity index (χ4n) is 1.57. The second-order valence-corrected chi connectivity index (χ2v) is 6.18. The number of nitrogen functional groups attached to an aromatic ring is 1. The molecule has 0 aliphatic rings. The number of benzene rings is 2. The maximum atomic E-state index is 13.1. The van der Waals surface area contributed by atoms with Gasteiger partial charge in [0.15, 0.2) is 0 Å². The molecule has 0 unspecified atom stereocenters. The zero-order valence-corrected chi connectivity index (χ0v) is 12.0. The monoisotopic (exact) mass is 325 g/mol. The second kappa shape index (κ2) is 5.60. The van der Waals surface area contributed by atoms with Gasteiger partial charge in [0.25, 0.3) is 10.0 Å². The fraction of sp³-hybridized carbons (Fsp3) is 0. The molecule has 3 N–H and O–H groups in total. The molecule has 108 valence electrons. The summed E-state index contributed by atoms with van der Waals surface area (Å²) in [5.74, 6) is -0.710. The Hall–Kier alpha value is -2.30. The summed E-state index contributed by atoms with van der Waals surface area (Å²) < 4.78 is 39.7. The lowest BCUT2D eigenvalue weighted by Gasteiger charge is -2.10. The summed E-state index contributed by atoms with van der Waals surface area (Å²) >= 11 is 5.88. The van der Waals surface area contributed by atoms with Crippen molar-refractivity contribution in [1.29, 1.82) is 5.26 Å². The largest absolute Gasteiger partial charge is 0.396 e. The molecular weight excluding hydrogens is 317 g/mol. The van der Waals surface area contributed by atoms with E-state index in [1.165, 1.54) is 18.2 Å². The SMILES string of the molecule is N#Cc1ccc(Cl)c(NS(=O)(=O)c2ccc(F)c(N)c2)c1. The summed E-state index contributed by atoms with van der Waals surface area (Å²) in [7, 11) is -3.99. The minimum absolute atomic E-state index is 0.0543. The van der Waals surface area contributed by atoms with E-state index in [0.29, 0.717) is 0 Å². The molecule has 2 aromatic rings. The van der Waals surface area contributed by atoms with Crippen LogP contribution < -0.4 is 10.5 Å². The predicted molar refractivity (Wildman–Crippen MR) is 77.8 cm³/mol. The zero-order valence-electron chi connectivity index (χ0n) is 10.5. The predicted octanol–water partition coefficient (Wildman–Crippen LogP) is 2.73. The minimum atomic E-state index is -3.99. The van der Waals surface area contributed by atoms with Crippen molar-refractivity contribution in [3.05, 3.63) is 52.8 Å². The number of sulfonamides is 1. The van der Waals surface area contributed by atoms with Gasteiger partial charge in [0.2, 0.25) is 0 Å². The van der Waals surface area contributed by atoms with Gasteiger partial charge in [0, 0.05) is 0 Å². The van der Waals surface area contributed by atoms with Crippen molar-refractivity contribution in [2.24, 2.45) is 0 Å². The zero-order chi connectivity index (χ0) is 15.6. The number of nitrogens with two attached hydrogens (primary N) is 1. The van der Waals surface area contributed by atoms with Crippen molar-refractivity contribution in [2.45, 2.75) is 4.90 Å². The average molecular weight is 326 g/mol. The van der Waals surface area contributed by atoms with Gasteiger partial charge in [-0.15, -0.1) is 0 Å². The van der Waals surface area contributed by atoms with Crippen LogP contribution in [-0.2, 0) is 10.0 Å². The molecule has 21 heavy (non-hydrogen) atoms. The molecule has 0 amide bonds. The molecule has 0 saturated heterocycles. The van der Waals surface area contributed by atoms with Gasteiger partial charge in [-0.2, -0.15) is 5.26 Å². The molecule has 0 aliphatic heterocycles.